The molecule has 3 rings (SSSR count). The first-order valence-corrected chi connectivity index (χ1v) is 7.60. The topological polar surface area (TPSA) is 41.4 Å². The van der Waals surface area contributed by atoms with Crippen LogP contribution in [0.5, 0.6) is 0 Å². The summed E-state index contributed by atoms with van der Waals surface area (Å²) in [7, 11) is 1.91. The standard InChI is InChI=1S/C17H22N4O/c1-13-6-14(2)8-16(7-13)21-5-4-20(12-17(21)22)11-15-9-18-19(3)10-15/h6-10H,4-5,11-12H2,1-3H3. The molecule has 0 unspecified atom stereocenters. The first-order chi connectivity index (χ1) is 10.5. The minimum absolute atomic E-state index is 0.167. The van der Waals surface area contributed by atoms with Crippen LogP contribution in [0.1, 0.15) is 16.7 Å². The Balaban J connectivity index is 1.68. The molecule has 2 aromatic rings. The third kappa shape index (κ3) is 3.20. The SMILES string of the molecule is Cc1cc(C)cc(N2CCN(Cc3cnn(C)c3)CC2=O)c1. The molecule has 1 aliphatic heterocycles. The summed E-state index contributed by atoms with van der Waals surface area (Å²) in [5.74, 6) is 0.167. The maximum Gasteiger partial charge on any atom is 0.241 e. The van der Waals surface area contributed by atoms with Crippen LogP contribution in [0, 0.1) is 13.8 Å². The molecule has 22 heavy (non-hydrogen) atoms. The van der Waals surface area contributed by atoms with E-state index in [1.807, 2.05) is 24.3 Å². The zero-order valence-corrected chi connectivity index (χ0v) is 13.4. The molecule has 1 aromatic heterocycles. The molecule has 1 amide bonds. The highest BCUT2D eigenvalue weighted by atomic mass is 16.2. The van der Waals surface area contributed by atoms with E-state index in [1.165, 1.54) is 11.1 Å². The summed E-state index contributed by atoms with van der Waals surface area (Å²) in [6.45, 7) is 7.00. The molecule has 0 radical (unpaired) electrons. The zero-order valence-electron chi connectivity index (χ0n) is 13.4. The van der Waals surface area contributed by atoms with Gasteiger partial charge in [-0.3, -0.25) is 14.4 Å². The van der Waals surface area contributed by atoms with Gasteiger partial charge in [-0.2, -0.15) is 5.10 Å². The predicted molar refractivity (Wildman–Crippen MR) is 86.8 cm³/mol. The Morgan fingerprint density at radius 1 is 1.14 bits per heavy atom. The molecule has 1 aromatic carbocycles. The number of carbonyl (C=O) groups excluding carboxylic acids is 1. The molecule has 2 heterocycles. The molecule has 1 fully saturated rings. The van der Waals surface area contributed by atoms with Gasteiger partial charge in [-0.15, -0.1) is 0 Å². The molecule has 0 spiro atoms. The van der Waals surface area contributed by atoms with Crippen molar-refractivity contribution >= 4 is 11.6 Å². The van der Waals surface area contributed by atoms with Crippen molar-refractivity contribution in [3.05, 3.63) is 47.3 Å². The maximum atomic E-state index is 12.5. The number of piperazine rings is 1. The fraction of sp³-hybridized carbons (Fsp3) is 0.412. The Kier molecular flexibility index (Phi) is 3.98. The summed E-state index contributed by atoms with van der Waals surface area (Å²) >= 11 is 0. The lowest BCUT2D eigenvalue weighted by Crippen LogP contribution is -2.50. The quantitative estimate of drug-likeness (QED) is 0.869. The van der Waals surface area contributed by atoms with Crippen molar-refractivity contribution in [3.8, 4) is 0 Å². The molecule has 5 nitrogen and oxygen atoms in total. The molecule has 1 saturated heterocycles. The van der Waals surface area contributed by atoms with Gasteiger partial charge in [0, 0.05) is 44.1 Å². The summed E-state index contributed by atoms with van der Waals surface area (Å²) in [5.41, 5.74) is 4.56. The van der Waals surface area contributed by atoms with Crippen LogP contribution in [0.25, 0.3) is 0 Å². The molecule has 5 heteroatoms. The number of aryl methyl sites for hydroxylation is 3. The van der Waals surface area contributed by atoms with E-state index in [-0.39, 0.29) is 5.91 Å². The van der Waals surface area contributed by atoms with Crippen molar-refractivity contribution in [2.45, 2.75) is 20.4 Å². The number of hydrogen-bond donors (Lipinski definition) is 0. The first-order valence-electron chi connectivity index (χ1n) is 7.60. The normalized spacial score (nSPS) is 16.3. The van der Waals surface area contributed by atoms with Gasteiger partial charge in [0.15, 0.2) is 0 Å². The van der Waals surface area contributed by atoms with Gasteiger partial charge < -0.3 is 4.90 Å². The Bertz CT molecular complexity index is 671. The lowest BCUT2D eigenvalue weighted by molar-refractivity contribution is -0.121. The second-order valence-electron chi connectivity index (χ2n) is 6.12. The van der Waals surface area contributed by atoms with E-state index in [2.05, 4.69) is 42.0 Å². The minimum atomic E-state index is 0.167. The number of benzene rings is 1. The van der Waals surface area contributed by atoms with E-state index in [0.29, 0.717) is 6.54 Å². The summed E-state index contributed by atoms with van der Waals surface area (Å²) in [4.78, 5) is 16.6. The van der Waals surface area contributed by atoms with E-state index >= 15 is 0 Å². The van der Waals surface area contributed by atoms with Crippen LogP contribution in [-0.4, -0.2) is 40.2 Å². The second kappa shape index (κ2) is 5.93. The van der Waals surface area contributed by atoms with Gasteiger partial charge in [0.05, 0.1) is 12.7 Å². The highest BCUT2D eigenvalue weighted by molar-refractivity contribution is 5.95. The Hall–Kier alpha value is -2.14. The van der Waals surface area contributed by atoms with E-state index in [9.17, 15) is 4.79 Å². The van der Waals surface area contributed by atoms with Crippen LogP contribution >= 0.6 is 0 Å². The monoisotopic (exact) mass is 298 g/mol. The molecular weight excluding hydrogens is 276 g/mol. The largest absolute Gasteiger partial charge is 0.310 e. The molecule has 0 N–H and O–H groups in total. The van der Waals surface area contributed by atoms with Crippen molar-refractivity contribution in [1.82, 2.24) is 14.7 Å². The van der Waals surface area contributed by atoms with Gasteiger partial charge in [-0.25, -0.2) is 0 Å². The van der Waals surface area contributed by atoms with Crippen molar-refractivity contribution in [2.75, 3.05) is 24.5 Å². The number of amides is 1. The van der Waals surface area contributed by atoms with Crippen LogP contribution in [0.15, 0.2) is 30.6 Å². The molecule has 0 bridgehead atoms. The summed E-state index contributed by atoms with van der Waals surface area (Å²) in [5, 5.41) is 4.18. The van der Waals surface area contributed by atoms with Gasteiger partial charge in [0.2, 0.25) is 5.91 Å². The van der Waals surface area contributed by atoms with Gasteiger partial charge in [-0.1, -0.05) is 6.07 Å². The third-order valence-electron chi connectivity index (χ3n) is 3.98. The summed E-state index contributed by atoms with van der Waals surface area (Å²) in [6.07, 6.45) is 3.86. The van der Waals surface area contributed by atoms with E-state index < -0.39 is 0 Å². The number of nitrogens with zero attached hydrogens (tertiary/aromatic N) is 4. The number of hydrogen-bond acceptors (Lipinski definition) is 3. The van der Waals surface area contributed by atoms with Crippen LogP contribution in [0.2, 0.25) is 0 Å². The van der Waals surface area contributed by atoms with Crippen molar-refractivity contribution in [2.24, 2.45) is 7.05 Å². The minimum Gasteiger partial charge on any atom is -0.310 e. The fourth-order valence-corrected chi connectivity index (χ4v) is 3.05. The summed E-state index contributed by atoms with van der Waals surface area (Å²) in [6, 6.07) is 6.30. The van der Waals surface area contributed by atoms with E-state index in [1.54, 1.807) is 4.68 Å². The van der Waals surface area contributed by atoms with Crippen LogP contribution in [-0.2, 0) is 18.4 Å². The van der Waals surface area contributed by atoms with Crippen LogP contribution in [0.4, 0.5) is 5.69 Å². The average molecular weight is 298 g/mol. The Morgan fingerprint density at radius 3 is 2.45 bits per heavy atom. The highest BCUT2D eigenvalue weighted by Crippen LogP contribution is 2.21. The fourth-order valence-electron chi connectivity index (χ4n) is 3.05. The van der Waals surface area contributed by atoms with Gasteiger partial charge in [-0.05, 0) is 37.1 Å². The number of rotatable bonds is 3. The molecule has 0 aliphatic carbocycles. The van der Waals surface area contributed by atoms with E-state index in [0.717, 1.165) is 30.9 Å². The molecular formula is C17H22N4O. The van der Waals surface area contributed by atoms with Crippen molar-refractivity contribution < 1.29 is 4.79 Å². The number of carbonyl (C=O) groups is 1. The summed E-state index contributed by atoms with van der Waals surface area (Å²) < 4.78 is 1.79. The Morgan fingerprint density at radius 2 is 1.86 bits per heavy atom. The van der Waals surface area contributed by atoms with Crippen molar-refractivity contribution in [1.29, 1.82) is 0 Å². The molecule has 0 atom stereocenters. The smallest absolute Gasteiger partial charge is 0.241 e. The van der Waals surface area contributed by atoms with Crippen LogP contribution < -0.4 is 4.90 Å². The lowest BCUT2D eigenvalue weighted by Gasteiger charge is -2.34. The molecule has 0 saturated carbocycles. The lowest BCUT2D eigenvalue weighted by atomic mass is 10.1. The second-order valence-corrected chi connectivity index (χ2v) is 6.12. The van der Waals surface area contributed by atoms with Gasteiger partial charge >= 0.3 is 0 Å². The number of anilines is 1. The average Bonchev–Trinajstić information content (AvgIpc) is 2.83. The zero-order chi connectivity index (χ0) is 15.7. The molecule has 1 aliphatic rings. The van der Waals surface area contributed by atoms with Crippen LogP contribution in [0.3, 0.4) is 0 Å². The van der Waals surface area contributed by atoms with E-state index in [4.69, 9.17) is 0 Å². The molecule has 116 valence electrons. The predicted octanol–water partition coefficient (Wildman–Crippen LogP) is 1.89. The maximum absolute atomic E-state index is 12.5. The highest BCUT2D eigenvalue weighted by Gasteiger charge is 2.25. The van der Waals surface area contributed by atoms with Gasteiger partial charge in [0.1, 0.15) is 0 Å². The Labute approximate surface area is 131 Å². The third-order valence-corrected chi connectivity index (χ3v) is 3.98. The van der Waals surface area contributed by atoms with Gasteiger partial charge in [0.25, 0.3) is 0 Å². The number of aromatic nitrogens is 2. The first kappa shape index (κ1) is 14.8. The van der Waals surface area contributed by atoms with Crippen molar-refractivity contribution in [3.63, 3.8) is 0 Å².